The Morgan fingerprint density at radius 3 is 1.97 bits per heavy atom. The van der Waals surface area contributed by atoms with Crippen LogP contribution in [0.1, 0.15) is 21.5 Å². The van der Waals surface area contributed by atoms with Crippen LogP contribution in [0, 0.1) is 0 Å². The van der Waals surface area contributed by atoms with Crippen LogP contribution in [0.2, 0.25) is 0 Å². The predicted molar refractivity (Wildman–Crippen MR) is 131 cm³/mol. The van der Waals surface area contributed by atoms with Gasteiger partial charge in [-0.25, -0.2) is 4.79 Å². The van der Waals surface area contributed by atoms with E-state index in [0.717, 1.165) is 5.56 Å². The minimum absolute atomic E-state index is 0.0875. The zero-order valence-corrected chi connectivity index (χ0v) is 19.4. The van der Waals surface area contributed by atoms with Gasteiger partial charge in [0.25, 0.3) is 11.8 Å². The van der Waals surface area contributed by atoms with Crippen molar-refractivity contribution in [2.24, 2.45) is 0 Å². The lowest BCUT2D eigenvalue weighted by Gasteiger charge is -2.17. The monoisotopic (exact) mass is 474 g/mol. The highest BCUT2D eigenvalue weighted by atomic mass is 16.5. The number of ether oxygens (including phenoxy) is 2. The molecule has 0 unspecified atom stereocenters. The van der Waals surface area contributed by atoms with Gasteiger partial charge in [-0.15, -0.1) is 0 Å². The van der Waals surface area contributed by atoms with E-state index in [-0.39, 0.29) is 12.1 Å². The molecule has 0 aliphatic heterocycles. The largest absolute Gasteiger partial charge is 0.497 e. The van der Waals surface area contributed by atoms with Gasteiger partial charge in [0.1, 0.15) is 23.2 Å². The van der Waals surface area contributed by atoms with Crippen molar-refractivity contribution in [1.29, 1.82) is 0 Å². The number of amides is 2. The van der Waals surface area contributed by atoms with Crippen molar-refractivity contribution in [2.75, 3.05) is 14.2 Å². The Labute approximate surface area is 203 Å². The molecule has 1 atom stereocenters. The maximum absolute atomic E-state index is 13.1. The lowest BCUT2D eigenvalue weighted by molar-refractivity contribution is -0.141. The van der Waals surface area contributed by atoms with Crippen LogP contribution in [-0.2, 0) is 16.0 Å². The van der Waals surface area contributed by atoms with Crippen LogP contribution in [0.3, 0.4) is 0 Å². The van der Waals surface area contributed by atoms with E-state index in [1.165, 1.54) is 20.3 Å². The van der Waals surface area contributed by atoms with Crippen LogP contribution < -0.4 is 20.1 Å². The van der Waals surface area contributed by atoms with Gasteiger partial charge in [0.05, 0.1) is 14.2 Å². The quantitative estimate of drug-likeness (QED) is 0.389. The second-order valence-corrected chi connectivity index (χ2v) is 7.57. The zero-order chi connectivity index (χ0) is 25.2. The van der Waals surface area contributed by atoms with Crippen molar-refractivity contribution in [1.82, 2.24) is 10.6 Å². The summed E-state index contributed by atoms with van der Waals surface area (Å²) in [5.74, 6) is -1.24. The lowest BCUT2D eigenvalue weighted by Crippen LogP contribution is -2.45. The third-order valence-corrected chi connectivity index (χ3v) is 5.16. The molecule has 0 fully saturated rings. The van der Waals surface area contributed by atoms with E-state index < -0.39 is 23.8 Å². The molecule has 0 heterocycles. The summed E-state index contributed by atoms with van der Waals surface area (Å²) in [5.41, 5.74) is 1.57. The molecular weight excluding hydrogens is 448 g/mol. The van der Waals surface area contributed by atoms with Gasteiger partial charge >= 0.3 is 5.97 Å². The van der Waals surface area contributed by atoms with Crippen molar-refractivity contribution in [2.45, 2.75) is 12.5 Å². The van der Waals surface area contributed by atoms with Gasteiger partial charge in [-0.3, -0.25) is 9.59 Å². The number of methoxy groups -OCH3 is 2. The fourth-order valence-electron chi connectivity index (χ4n) is 3.25. The Morgan fingerprint density at radius 2 is 1.43 bits per heavy atom. The Morgan fingerprint density at radius 1 is 0.857 bits per heavy atom. The maximum atomic E-state index is 13.1. The molecule has 0 radical (unpaired) electrons. The molecule has 0 saturated carbocycles. The first kappa shape index (κ1) is 25.0. The van der Waals surface area contributed by atoms with E-state index in [9.17, 15) is 19.5 Å². The van der Waals surface area contributed by atoms with Crippen molar-refractivity contribution in [3.63, 3.8) is 0 Å². The van der Waals surface area contributed by atoms with Gasteiger partial charge in [0.15, 0.2) is 0 Å². The molecule has 0 aromatic heterocycles. The molecule has 0 aliphatic rings. The van der Waals surface area contributed by atoms with Crippen molar-refractivity contribution in [3.05, 3.63) is 101 Å². The summed E-state index contributed by atoms with van der Waals surface area (Å²) in [6, 6.07) is 21.0. The second-order valence-electron chi connectivity index (χ2n) is 7.57. The highest BCUT2D eigenvalue weighted by Gasteiger charge is 2.23. The summed E-state index contributed by atoms with van der Waals surface area (Å²) >= 11 is 0. The second kappa shape index (κ2) is 12.0. The Hall–Kier alpha value is -4.59. The topological polar surface area (TPSA) is 114 Å². The van der Waals surface area contributed by atoms with E-state index in [0.29, 0.717) is 22.6 Å². The minimum atomic E-state index is -1.19. The summed E-state index contributed by atoms with van der Waals surface area (Å²) in [6.07, 6.45) is 1.56. The summed E-state index contributed by atoms with van der Waals surface area (Å²) in [7, 11) is 3.06. The van der Waals surface area contributed by atoms with Gasteiger partial charge in [-0.05, 0) is 53.6 Å². The number of carboxylic acid groups (broad SMARTS) is 1. The van der Waals surface area contributed by atoms with Crippen molar-refractivity contribution in [3.8, 4) is 11.5 Å². The number of carbonyl (C=O) groups excluding carboxylic acids is 2. The minimum Gasteiger partial charge on any atom is -0.497 e. The highest BCUT2D eigenvalue weighted by molar-refractivity contribution is 6.06. The standard InChI is InChI=1S/C27H26N2O6/c1-34-21-12-8-19(9-13-21)16-23(28-25(30)20-10-14-22(35-2)15-11-20)26(31)29-24(27(32)33)17-18-6-4-3-5-7-18/h3-16,24H,17H2,1-2H3,(H,28,30)(H,29,31)(H,32,33)/b23-16-/t24-/m0/s1. The molecule has 0 bridgehead atoms. The molecule has 2 amide bonds. The van der Waals surface area contributed by atoms with Crippen LogP contribution in [0.15, 0.2) is 84.6 Å². The SMILES string of the molecule is COc1ccc(/C=C(\NC(=O)c2ccc(OC)cc2)C(=O)N[C@@H](Cc2ccccc2)C(=O)O)cc1. The molecule has 8 nitrogen and oxygen atoms in total. The zero-order valence-electron chi connectivity index (χ0n) is 19.4. The molecule has 3 aromatic carbocycles. The third kappa shape index (κ3) is 7.20. The average molecular weight is 475 g/mol. The molecule has 3 N–H and O–H groups in total. The highest BCUT2D eigenvalue weighted by Crippen LogP contribution is 2.15. The number of carboxylic acids is 1. The van der Waals surface area contributed by atoms with Crippen LogP contribution >= 0.6 is 0 Å². The summed E-state index contributed by atoms with van der Waals surface area (Å²) in [5, 5.41) is 14.8. The van der Waals surface area contributed by atoms with E-state index in [4.69, 9.17) is 9.47 Å². The normalized spacial score (nSPS) is 11.8. The first-order chi connectivity index (χ1) is 16.9. The fourth-order valence-corrected chi connectivity index (χ4v) is 3.25. The third-order valence-electron chi connectivity index (χ3n) is 5.16. The maximum Gasteiger partial charge on any atom is 0.326 e. The van der Waals surface area contributed by atoms with Gasteiger partial charge in [0, 0.05) is 12.0 Å². The molecule has 35 heavy (non-hydrogen) atoms. The molecule has 0 saturated heterocycles. The van der Waals surface area contributed by atoms with E-state index >= 15 is 0 Å². The van der Waals surface area contributed by atoms with E-state index in [1.807, 2.05) is 6.07 Å². The van der Waals surface area contributed by atoms with Crippen LogP contribution in [0.4, 0.5) is 0 Å². The van der Waals surface area contributed by atoms with Crippen molar-refractivity contribution < 1.29 is 29.0 Å². The first-order valence-corrected chi connectivity index (χ1v) is 10.8. The van der Waals surface area contributed by atoms with Crippen molar-refractivity contribution >= 4 is 23.9 Å². The molecule has 0 aliphatic carbocycles. The number of rotatable bonds is 10. The van der Waals surface area contributed by atoms with Crippen LogP contribution in [-0.4, -0.2) is 43.2 Å². The molecule has 3 aromatic rings. The summed E-state index contributed by atoms with van der Waals surface area (Å²) in [6.45, 7) is 0. The fraction of sp³-hybridized carbons (Fsp3) is 0.148. The Balaban J connectivity index is 1.86. The lowest BCUT2D eigenvalue weighted by atomic mass is 10.1. The van der Waals surface area contributed by atoms with Gasteiger partial charge in [0.2, 0.25) is 0 Å². The number of carbonyl (C=O) groups is 3. The summed E-state index contributed by atoms with van der Waals surface area (Å²) < 4.78 is 10.3. The van der Waals surface area contributed by atoms with Gasteiger partial charge < -0.3 is 25.2 Å². The van der Waals surface area contributed by atoms with Gasteiger partial charge in [-0.1, -0.05) is 42.5 Å². The van der Waals surface area contributed by atoms with Crippen LogP contribution in [0.5, 0.6) is 11.5 Å². The molecule has 0 spiro atoms. The molecule has 3 rings (SSSR count). The molecule has 180 valence electrons. The van der Waals surface area contributed by atoms with Gasteiger partial charge in [-0.2, -0.15) is 0 Å². The number of nitrogens with one attached hydrogen (secondary N) is 2. The average Bonchev–Trinajstić information content (AvgIpc) is 2.88. The first-order valence-electron chi connectivity index (χ1n) is 10.8. The number of aliphatic carboxylic acids is 1. The number of benzene rings is 3. The Kier molecular flexibility index (Phi) is 8.61. The van der Waals surface area contributed by atoms with Crippen LogP contribution in [0.25, 0.3) is 6.08 Å². The number of hydrogen-bond donors (Lipinski definition) is 3. The van der Waals surface area contributed by atoms with E-state index in [2.05, 4.69) is 10.6 Å². The number of hydrogen-bond acceptors (Lipinski definition) is 5. The predicted octanol–water partition coefficient (Wildman–Crippen LogP) is 3.29. The van der Waals surface area contributed by atoms with E-state index in [1.54, 1.807) is 72.8 Å². The smallest absolute Gasteiger partial charge is 0.326 e. The molecule has 8 heteroatoms. The Bertz CT molecular complexity index is 1190. The molecular formula is C27H26N2O6. The summed E-state index contributed by atoms with van der Waals surface area (Å²) in [4.78, 5) is 37.8.